The van der Waals surface area contributed by atoms with Crippen LogP contribution in [0, 0.1) is 6.92 Å². The fraction of sp³-hybridized carbons (Fsp3) is 0.212. The van der Waals surface area contributed by atoms with Crippen molar-refractivity contribution < 1.29 is 14.6 Å². The molecular formula is C33H29ClN4O3S. The Balaban J connectivity index is 1.59. The van der Waals surface area contributed by atoms with Gasteiger partial charge < -0.3 is 14.4 Å². The van der Waals surface area contributed by atoms with Crippen LogP contribution in [0.25, 0.3) is 54.1 Å². The Kier molecular flexibility index (Phi) is 7.09. The van der Waals surface area contributed by atoms with Crippen LogP contribution in [0.4, 0.5) is 0 Å². The number of benzene rings is 2. The highest BCUT2D eigenvalue weighted by Crippen LogP contribution is 2.45. The first kappa shape index (κ1) is 28.0. The lowest BCUT2D eigenvalue weighted by Crippen LogP contribution is -2.28. The van der Waals surface area contributed by atoms with Crippen LogP contribution >= 0.6 is 22.9 Å². The Labute approximate surface area is 252 Å². The van der Waals surface area contributed by atoms with Crippen LogP contribution in [-0.4, -0.2) is 36.2 Å². The van der Waals surface area contributed by atoms with Gasteiger partial charge in [0, 0.05) is 70.1 Å². The molecule has 2 aromatic carbocycles. The number of pyridine rings is 2. The number of thiazole rings is 1. The van der Waals surface area contributed by atoms with Crippen LogP contribution < -0.4 is 0 Å². The fourth-order valence-electron chi connectivity index (χ4n) is 5.29. The van der Waals surface area contributed by atoms with Crippen LogP contribution in [0.2, 0.25) is 5.02 Å². The van der Waals surface area contributed by atoms with Gasteiger partial charge in [0.2, 0.25) is 0 Å². The summed E-state index contributed by atoms with van der Waals surface area (Å²) in [6, 6.07) is 15.5. The maximum absolute atomic E-state index is 12.6. The summed E-state index contributed by atoms with van der Waals surface area (Å²) in [6.07, 6.45) is 6.34. The second-order valence-corrected chi connectivity index (χ2v) is 12.7. The lowest BCUT2D eigenvalue weighted by molar-refractivity contribution is -0.160. The first-order chi connectivity index (χ1) is 20.0. The molecule has 0 aliphatic heterocycles. The standard InChI is InChI=1S/C33H29ClN4O3S/c1-18-13-25-29(27(19-8-10-22(34)11-9-19)26(18)28(32(39)40)41-33(2,3)4)42-31(37-25)21-14-23-24(20-7-6-12-35-15-20)17-38(5)30(23)36-16-21/h6-17,28H,1-5H3,(H,39,40). The van der Waals surface area contributed by atoms with Crippen LogP contribution in [-0.2, 0) is 16.6 Å². The molecular weight excluding hydrogens is 568 g/mol. The molecule has 0 amide bonds. The van der Waals surface area contributed by atoms with E-state index in [1.54, 1.807) is 6.20 Å². The number of rotatable bonds is 6. The smallest absolute Gasteiger partial charge is 0.337 e. The van der Waals surface area contributed by atoms with Gasteiger partial charge in [-0.2, -0.15) is 0 Å². The molecule has 42 heavy (non-hydrogen) atoms. The summed E-state index contributed by atoms with van der Waals surface area (Å²) < 4.78 is 9.02. The van der Waals surface area contributed by atoms with Gasteiger partial charge in [-0.25, -0.2) is 14.8 Å². The predicted molar refractivity (Wildman–Crippen MR) is 169 cm³/mol. The van der Waals surface area contributed by atoms with E-state index in [0.29, 0.717) is 10.6 Å². The molecule has 0 saturated heterocycles. The Bertz CT molecular complexity index is 1960. The van der Waals surface area contributed by atoms with Crippen LogP contribution in [0.1, 0.15) is 38.0 Å². The summed E-state index contributed by atoms with van der Waals surface area (Å²) >= 11 is 7.75. The number of aryl methyl sites for hydroxylation is 2. The first-order valence-electron chi connectivity index (χ1n) is 13.5. The molecule has 0 aliphatic rings. The number of fused-ring (bicyclic) bond motifs is 2. The van der Waals surface area contributed by atoms with E-state index in [2.05, 4.69) is 17.2 Å². The number of carboxylic acid groups (broad SMARTS) is 1. The lowest BCUT2D eigenvalue weighted by atomic mass is 9.91. The summed E-state index contributed by atoms with van der Waals surface area (Å²) in [5.74, 6) is -1.05. The zero-order valence-electron chi connectivity index (χ0n) is 23.8. The molecule has 0 radical (unpaired) electrons. The number of hydrogen-bond donors (Lipinski definition) is 1. The monoisotopic (exact) mass is 596 g/mol. The van der Waals surface area contributed by atoms with Crippen molar-refractivity contribution in [2.24, 2.45) is 7.05 Å². The Morgan fingerprint density at radius 1 is 1.07 bits per heavy atom. The van der Waals surface area contributed by atoms with Crippen molar-refractivity contribution in [1.29, 1.82) is 0 Å². The van der Waals surface area contributed by atoms with E-state index in [0.717, 1.165) is 59.6 Å². The Morgan fingerprint density at radius 3 is 2.50 bits per heavy atom. The Hall–Kier alpha value is -4.11. The van der Waals surface area contributed by atoms with E-state index in [9.17, 15) is 9.90 Å². The van der Waals surface area contributed by atoms with Crippen molar-refractivity contribution in [3.8, 4) is 32.8 Å². The Morgan fingerprint density at radius 2 is 1.83 bits per heavy atom. The lowest BCUT2D eigenvalue weighted by Gasteiger charge is -2.28. The maximum Gasteiger partial charge on any atom is 0.337 e. The van der Waals surface area contributed by atoms with Gasteiger partial charge in [0.15, 0.2) is 6.10 Å². The van der Waals surface area contributed by atoms with E-state index < -0.39 is 17.7 Å². The third-order valence-electron chi connectivity index (χ3n) is 7.05. The molecule has 7 nitrogen and oxygen atoms in total. The molecule has 6 rings (SSSR count). The number of carboxylic acids is 1. The van der Waals surface area contributed by atoms with Gasteiger partial charge >= 0.3 is 5.97 Å². The molecule has 0 bridgehead atoms. The van der Waals surface area contributed by atoms with Gasteiger partial charge in [-0.05, 0) is 69.2 Å². The number of ether oxygens (including phenoxy) is 1. The zero-order valence-corrected chi connectivity index (χ0v) is 25.4. The molecule has 0 saturated carbocycles. The van der Waals surface area contributed by atoms with Crippen LogP contribution in [0.15, 0.2) is 73.3 Å². The molecule has 1 atom stereocenters. The highest BCUT2D eigenvalue weighted by Gasteiger charge is 2.32. The normalized spacial score (nSPS) is 12.7. The van der Waals surface area contributed by atoms with Crippen molar-refractivity contribution in [1.82, 2.24) is 19.5 Å². The minimum Gasteiger partial charge on any atom is -0.479 e. The van der Waals surface area contributed by atoms with Crippen molar-refractivity contribution in [3.05, 3.63) is 89.5 Å². The summed E-state index contributed by atoms with van der Waals surface area (Å²) in [5, 5.41) is 12.7. The minimum atomic E-state index is -1.17. The molecule has 4 aromatic heterocycles. The molecule has 0 fully saturated rings. The van der Waals surface area contributed by atoms with Gasteiger partial charge in [0.05, 0.1) is 15.8 Å². The van der Waals surface area contributed by atoms with Gasteiger partial charge in [-0.15, -0.1) is 11.3 Å². The number of halogens is 1. The number of aliphatic carboxylic acids is 1. The molecule has 1 unspecified atom stereocenters. The van der Waals surface area contributed by atoms with Crippen LogP contribution in [0.5, 0.6) is 0 Å². The summed E-state index contributed by atoms with van der Waals surface area (Å²) in [6.45, 7) is 7.48. The topological polar surface area (TPSA) is 90.1 Å². The highest BCUT2D eigenvalue weighted by molar-refractivity contribution is 7.22. The quantitative estimate of drug-likeness (QED) is 0.207. The van der Waals surface area contributed by atoms with E-state index in [1.807, 2.05) is 94.2 Å². The largest absolute Gasteiger partial charge is 0.479 e. The molecule has 4 heterocycles. The van der Waals surface area contributed by atoms with E-state index in [-0.39, 0.29) is 0 Å². The highest BCUT2D eigenvalue weighted by atomic mass is 35.5. The summed E-state index contributed by atoms with van der Waals surface area (Å²) in [4.78, 5) is 26.7. The predicted octanol–water partition coefficient (Wildman–Crippen LogP) is 8.48. The first-order valence-corrected chi connectivity index (χ1v) is 14.7. The van der Waals surface area contributed by atoms with E-state index in [4.69, 9.17) is 26.3 Å². The molecule has 1 N–H and O–H groups in total. The summed E-state index contributed by atoms with van der Waals surface area (Å²) in [7, 11) is 1.98. The average Bonchev–Trinajstić information content (AvgIpc) is 3.52. The molecule has 0 aliphatic carbocycles. The maximum atomic E-state index is 12.6. The second-order valence-electron chi connectivity index (χ2n) is 11.3. The molecule has 9 heteroatoms. The zero-order chi connectivity index (χ0) is 29.8. The molecule has 6 aromatic rings. The third kappa shape index (κ3) is 5.17. The van der Waals surface area contributed by atoms with Gasteiger partial charge in [-0.3, -0.25) is 4.98 Å². The minimum absolute atomic E-state index is 0.599. The number of hydrogen-bond acceptors (Lipinski definition) is 6. The number of nitrogens with zero attached hydrogens (tertiary/aromatic N) is 4. The average molecular weight is 597 g/mol. The van der Waals surface area contributed by atoms with Crippen molar-refractivity contribution in [3.63, 3.8) is 0 Å². The van der Waals surface area contributed by atoms with Gasteiger partial charge in [0.1, 0.15) is 10.7 Å². The number of aromatic nitrogens is 4. The van der Waals surface area contributed by atoms with Gasteiger partial charge in [0.25, 0.3) is 0 Å². The van der Waals surface area contributed by atoms with Crippen molar-refractivity contribution in [2.45, 2.75) is 39.4 Å². The third-order valence-corrected chi connectivity index (χ3v) is 8.44. The van der Waals surface area contributed by atoms with Crippen molar-refractivity contribution in [2.75, 3.05) is 0 Å². The van der Waals surface area contributed by atoms with E-state index in [1.165, 1.54) is 11.3 Å². The van der Waals surface area contributed by atoms with Crippen LogP contribution in [0.3, 0.4) is 0 Å². The number of carbonyl (C=O) groups is 1. The van der Waals surface area contributed by atoms with Gasteiger partial charge in [-0.1, -0.05) is 29.8 Å². The fourth-order valence-corrected chi connectivity index (χ4v) is 6.52. The molecule has 212 valence electrons. The molecule has 0 spiro atoms. The van der Waals surface area contributed by atoms with Crippen molar-refractivity contribution >= 4 is 50.2 Å². The SMILES string of the molecule is Cc1cc2nc(-c3cnc4c(c3)c(-c3cccnc3)cn4C)sc2c(-c2ccc(Cl)cc2)c1C(OC(C)(C)C)C(=O)O. The second kappa shape index (κ2) is 10.6. The van der Waals surface area contributed by atoms with E-state index >= 15 is 0 Å². The summed E-state index contributed by atoms with van der Waals surface area (Å²) in [5.41, 5.74) is 6.92.